The standard InChI is InChI=1S/C16H20N4O2S/c17-16-19-13(11-23-16)5-6-18-15(21)10-20-7-8-22-14-4-2-1-3-12(14)9-20/h1-4,11H,5-10H2,(H2,17,19)(H,18,21). The zero-order chi connectivity index (χ0) is 16.1. The van der Waals surface area contributed by atoms with E-state index in [2.05, 4.69) is 15.2 Å². The topological polar surface area (TPSA) is 80.5 Å². The third-order valence-corrected chi connectivity index (χ3v) is 4.39. The van der Waals surface area contributed by atoms with Crippen molar-refractivity contribution in [1.82, 2.24) is 15.2 Å². The molecule has 0 atom stereocenters. The number of fused-ring (bicyclic) bond motifs is 1. The molecular weight excluding hydrogens is 312 g/mol. The summed E-state index contributed by atoms with van der Waals surface area (Å²) in [4.78, 5) is 18.4. The number of nitrogens with zero attached hydrogens (tertiary/aromatic N) is 2. The molecule has 1 aromatic carbocycles. The Hall–Kier alpha value is -2.12. The third-order valence-electron chi connectivity index (χ3n) is 3.67. The van der Waals surface area contributed by atoms with Gasteiger partial charge in [-0.2, -0.15) is 0 Å². The third kappa shape index (κ3) is 4.43. The molecule has 1 aliphatic rings. The summed E-state index contributed by atoms with van der Waals surface area (Å²) in [6.07, 6.45) is 0.700. The van der Waals surface area contributed by atoms with Gasteiger partial charge in [0.25, 0.3) is 0 Å². The molecule has 1 aliphatic heterocycles. The van der Waals surface area contributed by atoms with E-state index in [4.69, 9.17) is 10.5 Å². The summed E-state index contributed by atoms with van der Waals surface area (Å²) in [6, 6.07) is 7.97. The number of nitrogen functional groups attached to an aromatic ring is 1. The molecule has 2 aromatic rings. The molecule has 1 amide bonds. The van der Waals surface area contributed by atoms with Gasteiger partial charge in [0, 0.05) is 37.0 Å². The van der Waals surface area contributed by atoms with E-state index in [0.717, 1.165) is 30.1 Å². The Morgan fingerprint density at radius 2 is 2.30 bits per heavy atom. The Bertz CT molecular complexity index is 674. The van der Waals surface area contributed by atoms with Crippen molar-refractivity contribution >= 4 is 22.4 Å². The molecule has 0 unspecified atom stereocenters. The monoisotopic (exact) mass is 332 g/mol. The van der Waals surface area contributed by atoms with Crippen LogP contribution in [0.2, 0.25) is 0 Å². The summed E-state index contributed by atoms with van der Waals surface area (Å²) in [6.45, 7) is 3.01. The van der Waals surface area contributed by atoms with E-state index in [-0.39, 0.29) is 5.91 Å². The van der Waals surface area contributed by atoms with Crippen LogP contribution in [0.3, 0.4) is 0 Å². The Morgan fingerprint density at radius 1 is 1.43 bits per heavy atom. The highest BCUT2D eigenvalue weighted by Crippen LogP contribution is 2.22. The highest BCUT2D eigenvalue weighted by Gasteiger charge is 2.17. The van der Waals surface area contributed by atoms with Crippen molar-refractivity contribution in [3.8, 4) is 5.75 Å². The molecule has 2 heterocycles. The van der Waals surface area contributed by atoms with E-state index in [1.54, 1.807) is 0 Å². The van der Waals surface area contributed by atoms with Crippen LogP contribution in [0.1, 0.15) is 11.3 Å². The van der Waals surface area contributed by atoms with Crippen molar-refractivity contribution in [2.24, 2.45) is 0 Å². The lowest BCUT2D eigenvalue weighted by molar-refractivity contribution is -0.122. The fourth-order valence-corrected chi connectivity index (χ4v) is 3.14. The second-order valence-electron chi connectivity index (χ2n) is 5.44. The molecular formula is C16H20N4O2S. The van der Waals surface area contributed by atoms with Crippen molar-refractivity contribution < 1.29 is 9.53 Å². The fraction of sp³-hybridized carbons (Fsp3) is 0.375. The van der Waals surface area contributed by atoms with Crippen molar-refractivity contribution in [1.29, 1.82) is 0 Å². The predicted octanol–water partition coefficient (Wildman–Crippen LogP) is 1.28. The van der Waals surface area contributed by atoms with Gasteiger partial charge in [-0.3, -0.25) is 9.69 Å². The Kier molecular flexibility index (Phi) is 5.09. The first-order valence-electron chi connectivity index (χ1n) is 7.60. The summed E-state index contributed by atoms with van der Waals surface area (Å²) in [5.74, 6) is 0.934. The molecule has 6 nitrogen and oxygen atoms in total. The average molecular weight is 332 g/mol. The molecule has 1 aromatic heterocycles. The van der Waals surface area contributed by atoms with Crippen molar-refractivity contribution in [2.75, 3.05) is 32.0 Å². The molecule has 0 aliphatic carbocycles. The minimum absolute atomic E-state index is 0.0209. The lowest BCUT2D eigenvalue weighted by Crippen LogP contribution is -2.38. The Balaban J connectivity index is 1.46. The van der Waals surface area contributed by atoms with Crippen LogP contribution >= 0.6 is 11.3 Å². The molecule has 0 saturated heterocycles. The van der Waals surface area contributed by atoms with Crippen LogP contribution < -0.4 is 15.8 Å². The summed E-state index contributed by atoms with van der Waals surface area (Å²) in [5.41, 5.74) is 7.63. The van der Waals surface area contributed by atoms with Gasteiger partial charge in [-0.05, 0) is 6.07 Å². The maximum atomic E-state index is 12.1. The summed E-state index contributed by atoms with van der Waals surface area (Å²) in [7, 11) is 0. The molecule has 0 radical (unpaired) electrons. The SMILES string of the molecule is Nc1nc(CCNC(=O)CN2CCOc3ccccc3C2)cs1. The predicted molar refractivity (Wildman–Crippen MR) is 90.5 cm³/mol. The van der Waals surface area contributed by atoms with Gasteiger partial charge in [0.15, 0.2) is 5.13 Å². The summed E-state index contributed by atoms with van der Waals surface area (Å²) < 4.78 is 5.71. The first-order chi connectivity index (χ1) is 11.2. The fourth-order valence-electron chi connectivity index (χ4n) is 2.54. The van der Waals surface area contributed by atoms with E-state index in [9.17, 15) is 4.79 Å². The number of carbonyl (C=O) groups is 1. The molecule has 3 rings (SSSR count). The maximum Gasteiger partial charge on any atom is 0.234 e. The first kappa shape index (κ1) is 15.8. The van der Waals surface area contributed by atoms with Gasteiger partial charge in [0.2, 0.25) is 5.91 Å². The molecule has 23 heavy (non-hydrogen) atoms. The van der Waals surface area contributed by atoms with Gasteiger partial charge in [-0.1, -0.05) is 18.2 Å². The molecule has 122 valence electrons. The number of amides is 1. The molecule has 3 N–H and O–H groups in total. The van der Waals surface area contributed by atoms with Gasteiger partial charge in [0.05, 0.1) is 12.2 Å². The van der Waals surface area contributed by atoms with Crippen LogP contribution in [0, 0.1) is 0 Å². The molecule has 0 fully saturated rings. The Labute approximate surface area is 139 Å². The smallest absolute Gasteiger partial charge is 0.234 e. The quantitative estimate of drug-likeness (QED) is 0.862. The Morgan fingerprint density at radius 3 is 3.13 bits per heavy atom. The summed E-state index contributed by atoms with van der Waals surface area (Å²) in [5, 5.41) is 5.42. The maximum absolute atomic E-state index is 12.1. The number of thiazole rings is 1. The zero-order valence-electron chi connectivity index (χ0n) is 12.8. The molecule has 0 spiro atoms. The number of para-hydroxylation sites is 1. The number of carbonyl (C=O) groups excluding carboxylic acids is 1. The number of nitrogens with one attached hydrogen (secondary N) is 1. The first-order valence-corrected chi connectivity index (χ1v) is 8.48. The molecule has 7 heteroatoms. The number of benzene rings is 1. The zero-order valence-corrected chi connectivity index (χ0v) is 13.6. The number of hydrogen-bond donors (Lipinski definition) is 2. The van der Waals surface area contributed by atoms with E-state index >= 15 is 0 Å². The normalized spacial score (nSPS) is 14.6. The summed E-state index contributed by atoms with van der Waals surface area (Å²) >= 11 is 1.42. The van der Waals surface area contributed by atoms with E-state index < -0.39 is 0 Å². The van der Waals surface area contributed by atoms with Gasteiger partial charge in [-0.25, -0.2) is 4.98 Å². The van der Waals surface area contributed by atoms with E-state index in [1.165, 1.54) is 11.3 Å². The van der Waals surface area contributed by atoms with Gasteiger partial charge < -0.3 is 15.8 Å². The van der Waals surface area contributed by atoms with E-state index in [0.29, 0.717) is 31.2 Å². The number of rotatable bonds is 5. The van der Waals surface area contributed by atoms with Crippen LogP contribution in [0.25, 0.3) is 0 Å². The van der Waals surface area contributed by atoms with Gasteiger partial charge in [0.1, 0.15) is 12.4 Å². The second kappa shape index (κ2) is 7.43. The van der Waals surface area contributed by atoms with Crippen LogP contribution in [0.4, 0.5) is 5.13 Å². The van der Waals surface area contributed by atoms with Crippen LogP contribution in [0.15, 0.2) is 29.6 Å². The van der Waals surface area contributed by atoms with Crippen molar-refractivity contribution in [3.63, 3.8) is 0 Å². The number of ether oxygens (including phenoxy) is 1. The van der Waals surface area contributed by atoms with Crippen molar-refractivity contribution in [2.45, 2.75) is 13.0 Å². The minimum Gasteiger partial charge on any atom is -0.492 e. The van der Waals surface area contributed by atoms with Crippen LogP contribution in [0.5, 0.6) is 5.75 Å². The van der Waals surface area contributed by atoms with E-state index in [1.807, 2.05) is 29.6 Å². The second-order valence-corrected chi connectivity index (χ2v) is 6.33. The largest absolute Gasteiger partial charge is 0.492 e. The van der Waals surface area contributed by atoms with Crippen LogP contribution in [-0.4, -0.2) is 42.0 Å². The van der Waals surface area contributed by atoms with Crippen LogP contribution in [-0.2, 0) is 17.8 Å². The molecule has 0 bridgehead atoms. The number of anilines is 1. The lowest BCUT2D eigenvalue weighted by Gasteiger charge is -2.18. The number of aromatic nitrogens is 1. The highest BCUT2D eigenvalue weighted by molar-refractivity contribution is 7.13. The lowest BCUT2D eigenvalue weighted by atomic mass is 10.2. The van der Waals surface area contributed by atoms with Gasteiger partial charge >= 0.3 is 0 Å². The number of hydrogen-bond acceptors (Lipinski definition) is 6. The highest BCUT2D eigenvalue weighted by atomic mass is 32.1. The average Bonchev–Trinajstić information content (AvgIpc) is 2.83. The minimum atomic E-state index is 0.0209. The molecule has 0 saturated carbocycles. The van der Waals surface area contributed by atoms with Crippen molar-refractivity contribution in [3.05, 3.63) is 40.9 Å². The number of nitrogens with two attached hydrogens (primary N) is 1. The van der Waals surface area contributed by atoms with Gasteiger partial charge in [-0.15, -0.1) is 11.3 Å².